The Kier molecular flexibility index (Phi) is 20.6. The molecule has 1 atom stereocenters. The van der Waals surface area contributed by atoms with Crippen LogP contribution in [0.15, 0.2) is 117 Å². The zero-order valence-electron chi connectivity index (χ0n) is 44.8. The molecule has 19 heteroatoms. The normalized spacial score (nSPS) is 17.9. The van der Waals surface area contributed by atoms with E-state index in [1.165, 1.54) is 28.8 Å². The van der Waals surface area contributed by atoms with Crippen LogP contribution in [-0.4, -0.2) is 146 Å². The Morgan fingerprint density at radius 3 is 2.01 bits per heavy atom. The number of nitrogens with one attached hydrogen (secondary N) is 2. The lowest BCUT2D eigenvalue weighted by atomic mass is 9.73. The van der Waals surface area contributed by atoms with Crippen molar-refractivity contribution in [3.63, 3.8) is 0 Å². The lowest BCUT2D eigenvalue weighted by molar-refractivity contribution is 0.0981. The van der Waals surface area contributed by atoms with Gasteiger partial charge >= 0.3 is 7.60 Å². The van der Waals surface area contributed by atoms with E-state index in [-0.39, 0.29) is 39.0 Å². The number of sulfonamides is 1. The molecule has 0 saturated carbocycles. The zero-order valence-corrected chi connectivity index (χ0v) is 48.9. The molecule has 2 heterocycles. The molecule has 4 aromatic rings. The van der Waals surface area contributed by atoms with Crippen LogP contribution in [0.2, 0.25) is 5.02 Å². The first-order valence-corrected chi connectivity index (χ1v) is 32.8. The second-order valence-electron chi connectivity index (χ2n) is 21.5. The number of nitrogens with zero attached hydrogens (tertiary/aromatic N) is 4. The smallest absolute Gasteiger partial charge is 0.331 e. The number of thioether (sulfide) groups is 1. The van der Waals surface area contributed by atoms with Crippen LogP contribution in [0.25, 0.3) is 5.57 Å². The molecule has 1 aliphatic carbocycles. The number of benzene rings is 4. The van der Waals surface area contributed by atoms with Crippen LogP contribution in [0.4, 0.5) is 11.4 Å². The second-order valence-corrected chi connectivity index (χ2v) is 28.8. The molecule has 0 unspecified atom stereocenters. The van der Waals surface area contributed by atoms with E-state index < -0.39 is 33.4 Å². The van der Waals surface area contributed by atoms with Crippen LogP contribution in [0.5, 0.6) is 0 Å². The number of hydrogen-bond acceptors (Lipinski definition) is 14. The van der Waals surface area contributed by atoms with Gasteiger partial charge in [-0.25, -0.2) is 21.6 Å². The summed E-state index contributed by atoms with van der Waals surface area (Å²) in [5, 5.41) is 4.21. The van der Waals surface area contributed by atoms with Crippen molar-refractivity contribution in [3.8, 4) is 0 Å². The van der Waals surface area contributed by atoms with Crippen molar-refractivity contribution in [2.75, 3.05) is 100 Å². The Morgan fingerprint density at radius 1 is 0.787 bits per heavy atom. The van der Waals surface area contributed by atoms with E-state index in [1.54, 1.807) is 23.9 Å². The van der Waals surface area contributed by atoms with Crippen LogP contribution in [0.3, 0.4) is 0 Å². The van der Waals surface area contributed by atoms with Gasteiger partial charge < -0.3 is 29.1 Å². The SMILES string of the molecule is CC(C)OP(=O)(CCCN1CCN(CC[C@H](CSc2ccccc2)Nc2ccc(S(=O)(=O)NC(=O)c3ccc(N4CCN(CC5=C(c6ccc(Cl)cc6)CCC(C)(C)C5)CC4)cc3)cc2S(C)(=O)=O)CC1)OC(C)C. The van der Waals surface area contributed by atoms with Gasteiger partial charge in [0.1, 0.15) is 0 Å². The first-order chi connectivity index (χ1) is 35.5. The van der Waals surface area contributed by atoms with Gasteiger partial charge in [0, 0.05) is 105 Å². The number of rotatable bonds is 24. The second kappa shape index (κ2) is 26.3. The van der Waals surface area contributed by atoms with Crippen molar-refractivity contribution >= 4 is 73.7 Å². The van der Waals surface area contributed by atoms with E-state index in [9.17, 15) is 26.2 Å². The molecule has 1 amide bonds. The first-order valence-electron chi connectivity index (χ1n) is 26.3. The summed E-state index contributed by atoms with van der Waals surface area (Å²) in [5.74, 6) is -0.189. The molecule has 14 nitrogen and oxygen atoms in total. The summed E-state index contributed by atoms with van der Waals surface area (Å²) < 4.78 is 81.4. The van der Waals surface area contributed by atoms with Gasteiger partial charge in [-0.3, -0.25) is 14.3 Å². The van der Waals surface area contributed by atoms with Crippen molar-refractivity contribution in [3.05, 3.63) is 119 Å². The summed E-state index contributed by atoms with van der Waals surface area (Å²) in [7, 11) is -11.6. The molecular formula is C56H78ClN6O8PS3. The topological polar surface area (TPSA) is 158 Å². The van der Waals surface area contributed by atoms with Crippen LogP contribution in [0.1, 0.15) is 89.6 Å². The Labute approximate surface area is 456 Å². The fraction of sp³-hybridized carbons (Fsp3) is 0.518. The number of carbonyl (C=O) groups is 1. The van der Waals surface area contributed by atoms with Gasteiger partial charge in [0.2, 0.25) is 0 Å². The van der Waals surface area contributed by atoms with E-state index in [2.05, 4.69) is 55.6 Å². The van der Waals surface area contributed by atoms with Gasteiger partial charge in [0.15, 0.2) is 9.84 Å². The Hall–Kier alpha value is -3.74. The minimum absolute atomic E-state index is 0.167. The van der Waals surface area contributed by atoms with E-state index in [0.717, 1.165) is 119 Å². The van der Waals surface area contributed by atoms with Crippen LogP contribution < -0.4 is 14.9 Å². The van der Waals surface area contributed by atoms with Crippen LogP contribution in [-0.2, 0) is 33.5 Å². The monoisotopic (exact) mass is 1120 g/mol. The number of hydrogen-bond donors (Lipinski definition) is 2. The molecule has 0 radical (unpaired) electrons. The number of halogens is 1. The highest BCUT2D eigenvalue weighted by molar-refractivity contribution is 7.99. The molecule has 75 heavy (non-hydrogen) atoms. The van der Waals surface area contributed by atoms with Crippen molar-refractivity contribution in [2.24, 2.45) is 5.41 Å². The maximum atomic E-state index is 13.8. The molecule has 7 rings (SSSR count). The third-order valence-corrected chi connectivity index (χ3v) is 20.2. The third kappa shape index (κ3) is 17.6. The van der Waals surface area contributed by atoms with Gasteiger partial charge in [-0.2, -0.15) is 0 Å². The van der Waals surface area contributed by atoms with Crippen molar-refractivity contribution in [2.45, 2.75) is 107 Å². The highest BCUT2D eigenvalue weighted by atomic mass is 35.5. The first kappa shape index (κ1) is 58.9. The maximum Gasteiger partial charge on any atom is 0.331 e. The number of sulfone groups is 1. The third-order valence-electron chi connectivity index (χ3n) is 14.0. The highest BCUT2D eigenvalue weighted by Crippen LogP contribution is 2.51. The lowest BCUT2D eigenvalue weighted by Gasteiger charge is -2.39. The molecule has 0 aromatic heterocycles. The standard InChI is InChI=1S/C56H78ClN6O8PS3/c1-42(2)70-72(65,71-43(3)4)37-11-27-60-29-31-61(32-30-60)28-25-48(41-73-50-12-9-8-10-13-50)58-53-23-22-51(38-54(53)74(7,66)67)75(68,69)59-55(64)45-16-20-49(21-17-45)63-35-33-62(34-36-63)40-46-39-56(5,6)26-24-52(46)44-14-18-47(57)19-15-44/h8-10,12-23,38,42-43,48,58H,11,24-37,39-41H2,1-7H3,(H,59,64)/t48-/m1/s1. The molecule has 3 aliphatic rings. The van der Waals surface area contributed by atoms with Gasteiger partial charge in [-0.1, -0.05) is 61.4 Å². The van der Waals surface area contributed by atoms with E-state index in [0.29, 0.717) is 30.4 Å². The Morgan fingerprint density at radius 2 is 1.40 bits per heavy atom. The minimum Gasteiger partial charge on any atom is -0.380 e. The quantitative estimate of drug-likeness (QED) is 0.0504. The molecule has 4 aromatic carbocycles. The predicted octanol–water partition coefficient (Wildman–Crippen LogP) is 10.7. The molecule has 2 N–H and O–H groups in total. The van der Waals surface area contributed by atoms with Gasteiger partial charge in [0.05, 0.1) is 33.8 Å². The summed E-state index contributed by atoms with van der Waals surface area (Å²) in [4.78, 5) is 23.6. The summed E-state index contributed by atoms with van der Waals surface area (Å²) in [5.41, 5.74) is 5.83. The Balaban J connectivity index is 0.944. The van der Waals surface area contributed by atoms with E-state index >= 15 is 0 Å². The average molecular weight is 1130 g/mol. The number of piperazine rings is 2. The fourth-order valence-electron chi connectivity index (χ4n) is 10.1. The number of carbonyl (C=O) groups excluding carboxylic acids is 1. The molecule has 0 spiro atoms. The summed E-state index contributed by atoms with van der Waals surface area (Å²) in [6, 6.07) is 28.9. The summed E-state index contributed by atoms with van der Waals surface area (Å²) >= 11 is 7.88. The number of allylic oxidation sites excluding steroid dienone is 1. The highest BCUT2D eigenvalue weighted by Gasteiger charge is 2.31. The lowest BCUT2D eigenvalue weighted by Crippen LogP contribution is -2.47. The summed E-state index contributed by atoms with van der Waals surface area (Å²) in [6.07, 6.45) is 5.70. The van der Waals surface area contributed by atoms with Crippen LogP contribution >= 0.6 is 31.0 Å². The molecule has 0 bridgehead atoms. The van der Waals surface area contributed by atoms with Gasteiger partial charge in [-0.05, 0) is 150 Å². The molecule has 2 aliphatic heterocycles. The van der Waals surface area contributed by atoms with Crippen molar-refractivity contribution in [1.29, 1.82) is 0 Å². The molecule has 2 fully saturated rings. The number of amides is 1. The van der Waals surface area contributed by atoms with Gasteiger partial charge in [0.25, 0.3) is 15.9 Å². The van der Waals surface area contributed by atoms with Crippen molar-refractivity contribution < 1.29 is 35.2 Å². The summed E-state index contributed by atoms with van der Waals surface area (Å²) in [6.45, 7) is 21.4. The average Bonchev–Trinajstić information content (AvgIpc) is 3.35. The van der Waals surface area contributed by atoms with E-state index in [1.807, 2.05) is 82.3 Å². The fourth-order valence-corrected chi connectivity index (χ4v) is 15.3. The number of anilines is 2. The van der Waals surface area contributed by atoms with Gasteiger partial charge in [-0.15, -0.1) is 11.8 Å². The minimum atomic E-state index is -4.47. The van der Waals surface area contributed by atoms with Crippen molar-refractivity contribution in [1.82, 2.24) is 19.4 Å². The van der Waals surface area contributed by atoms with Crippen LogP contribution in [0, 0.1) is 5.41 Å². The molecule has 410 valence electrons. The molecular weight excluding hydrogens is 1050 g/mol. The zero-order chi connectivity index (χ0) is 54.0. The molecule has 2 saturated heterocycles. The largest absolute Gasteiger partial charge is 0.380 e. The van der Waals surface area contributed by atoms with E-state index in [4.69, 9.17) is 20.6 Å². The predicted molar refractivity (Wildman–Crippen MR) is 307 cm³/mol. The maximum absolute atomic E-state index is 13.8. The Bertz CT molecular complexity index is 2830.